The summed E-state index contributed by atoms with van der Waals surface area (Å²) in [5, 5.41) is 5.03. The molecule has 2 N–H and O–H groups in total. The van der Waals surface area contributed by atoms with Gasteiger partial charge >= 0.3 is 0 Å². The number of H-pyrrole nitrogens is 1. The van der Waals surface area contributed by atoms with E-state index in [-0.39, 0.29) is 11.5 Å². The molecule has 0 spiro atoms. The fourth-order valence-electron chi connectivity index (χ4n) is 4.16. The average Bonchev–Trinajstić information content (AvgIpc) is 2.99. The van der Waals surface area contributed by atoms with Crippen molar-refractivity contribution in [2.24, 2.45) is 0 Å². The van der Waals surface area contributed by atoms with Gasteiger partial charge in [-0.25, -0.2) is 0 Å². The molecule has 0 bridgehead atoms. The second kappa shape index (κ2) is 6.72. The van der Waals surface area contributed by atoms with Gasteiger partial charge in [0.1, 0.15) is 5.75 Å². The Bertz CT molecular complexity index is 978. The lowest BCUT2D eigenvalue weighted by Gasteiger charge is -2.27. The van der Waals surface area contributed by atoms with Crippen molar-refractivity contribution in [1.29, 1.82) is 0 Å². The molecule has 3 heteroatoms. The molecule has 3 nitrogen and oxygen atoms in total. The van der Waals surface area contributed by atoms with Crippen LogP contribution in [0.15, 0.2) is 36.4 Å². The zero-order valence-corrected chi connectivity index (χ0v) is 17.1. The number of fused-ring (bicyclic) bond motifs is 3. The van der Waals surface area contributed by atoms with Crippen molar-refractivity contribution in [3.8, 4) is 5.75 Å². The fourth-order valence-corrected chi connectivity index (χ4v) is 4.16. The third kappa shape index (κ3) is 3.37. The molecule has 0 saturated heterocycles. The summed E-state index contributed by atoms with van der Waals surface area (Å²) in [5.41, 5.74) is 8.12. The molecule has 27 heavy (non-hydrogen) atoms. The lowest BCUT2D eigenvalue weighted by molar-refractivity contribution is 0.340. The first-order chi connectivity index (χ1) is 12.9. The van der Waals surface area contributed by atoms with Crippen LogP contribution in [0.25, 0.3) is 10.9 Å². The Labute approximate surface area is 162 Å². The molecule has 1 aromatic heterocycles. The summed E-state index contributed by atoms with van der Waals surface area (Å²) in [6, 6.07) is 13.6. The van der Waals surface area contributed by atoms with Crippen LogP contribution in [0.5, 0.6) is 5.75 Å². The summed E-state index contributed by atoms with van der Waals surface area (Å²) in [4.78, 5) is 3.69. The number of aromatic amines is 1. The van der Waals surface area contributed by atoms with Crippen LogP contribution in [0.4, 0.5) is 0 Å². The van der Waals surface area contributed by atoms with Gasteiger partial charge in [-0.3, -0.25) is 0 Å². The van der Waals surface area contributed by atoms with Gasteiger partial charge in [0.05, 0.1) is 12.6 Å². The minimum Gasteiger partial charge on any atom is -0.494 e. The van der Waals surface area contributed by atoms with Crippen LogP contribution in [-0.2, 0) is 11.8 Å². The summed E-state index contributed by atoms with van der Waals surface area (Å²) in [6.07, 6.45) is 1.04. The Kier molecular flexibility index (Phi) is 4.51. The highest BCUT2D eigenvalue weighted by Crippen LogP contribution is 2.36. The number of nitrogens with one attached hydrogen (secondary N) is 2. The average molecular weight is 363 g/mol. The predicted molar refractivity (Wildman–Crippen MR) is 113 cm³/mol. The Morgan fingerprint density at radius 2 is 1.93 bits per heavy atom. The first kappa shape index (κ1) is 18.1. The smallest absolute Gasteiger partial charge is 0.120 e. The van der Waals surface area contributed by atoms with E-state index in [1.54, 1.807) is 0 Å². The van der Waals surface area contributed by atoms with E-state index in [2.05, 4.69) is 74.4 Å². The fraction of sp³-hybridized carbons (Fsp3) is 0.417. The van der Waals surface area contributed by atoms with Crippen molar-refractivity contribution in [3.05, 3.63) is 64.3 Å². The summed E-state index contributed by atoms with van der Waals surface area (Å²) in [7, 11) is 0. The number of aromatic nitrogens is 1. The second-order valence-electron chi connectivity index (χ2n) is 8.68. The van der Waals surface area contributed by atoms with Gasteiger partial charge in [0.25, 0.3) is 0 Å². The second-order valence-corrected chi connectivity index (χ2v) is 8.68. The van der Waals surface area contributed by atoms with Crippen LogP contribution in [0.3, 0.4) is 0 Å². The van der Waals surface area contributed by atoms with Crippen molar-refractivity contribution >= 4 is 10.9 Å². The Morgan fingerprint density at radius 3 is 2.67 bits per heavy atom. The van der Waals surface area contributed by atoms with Gasteiger partial charge in [-0.1, -0.05) is 44.5 Å². The van der Waals surface area contributed by atoms with Gasteiger partial charge in [-0.15, -0.1) is 0 Å². The van der Waals surface area contributed by atoms with E-state index in [4.69, 9.17) is 4.74 Å². The third-order valence-corrected chi connectivity index (χ3v) is 5.53. The topological polar surface area (TPSA) is 37.0 Å². The molecule has 142 valence electrons. The van der Waals surface area contributed by atoms with E-state index in [0.29, 0.717) is 6.61 Å². The minimum atomic E-state index is 0.144. The van der Waals surface area contributed by atoms with E-state index in [1.165, 1.54) is 38.9 Å². The van der Waals surface area contributed by atoms with E-state index in [0.717, 1.165) is 18.7 Å². The van der Waals surface area contributed by atoms with Gasteiger partial charge in [0.2, 0.25) is 0 Å². The van der Waals surface area contributed by atoms with Crippen LogP contribution < -0.4 is 10.1 Å². The first-order valence-corrected chi connectivity index (χ1v) is 9.99. The van der Waals surface area contributed by atoms with Gasteiger partial charge in [0.15, 0.2) is 0 Å². The monoisotopic (exact) mass is 362 g/mol. The van der Waals surface area contributed by atoms with Gasteiger partial charge in [-0.2, -0.15) is 0 Å². The molecule has 1 aliphatic heterocycles. The van der Waals surface area contributed by atoms with E-state index in [9.17, 15) is 0 Å². The van der Waals surface area contributed by atoms with Crippen LogP contribution >= 0.6 is 0 Å². The number of hydrogen-bond acceptors (Lipinski definition) is 2. The highest BCUT2D eigenvalue weighted by molar-refractivity contribution is 5.86. The summed E-state index contributed by atoms with van der Waals surface area (Å²) in [6.45, 7) is 12.8. The van der Waals surface area contributed by atoms with Crippen molar-refractivity contribution in [2.45, 2.75) is 52.5 Å². The molecule has 2 heterocycles. The maximum absolute atomic E-state index is 5.73. The van der Waals surface area contributed by atoms with Crippen molar-refractivity contribution in [3.63, 3.8) is 0 Å². The molecule has 1 atom stereocenters. The van der Waals surface area contributed by atoms with Crippen LogP contribution in [0.1, 0.15) is 61.7 Å². The number of hydrogen-bond donors (Lipinski definition) is 2. The number of rotatable bonds is 3. The molecular formula is C24H30N2O. The molecule has 0 fully saturated rings. The summed E-state index contributed by atoms with van der Waals surface area (Å²) >= 11 is 0. The SMILES string of the molecule is CCOc1ccc2[nH]c3c(c2c1)CCNC3c1cc(C)cc(C(C)(C)C)c1. The molecular weight excluding hydrogens is 332 g/mol. The molecule has 1 unspecified atom stereocenters. The van der Waals surface area contributed by atoms with Crippen molar-refractivity contribution in [1.82, 2.24) is 10.3 Å². The maximum Gasteiger partial charge on any atom is 0.120 e. The number of benzene rings is 2. The van der Waals surface area contributed by atoms with Crippen LogP contribution in [0, 0.1) is 6.92 Å². The summed E-state index contributed by atoms with van der Waals surface area (Å²) in [5.74, 6) is 0.951. The maximum atomic E-state index is 5.73. The van der Waals surface area contributed by atoms with E-state index < -0.39 is 0 Å². The lowest BCUT2D eigenvalue weighted by atomic mass is 9.83. The largest absolute Gasteiger partial charge is 0.494 e. The standard InChI is InChI=1S/C24H30N2O/c1-6-27-18-7-8-21-20(14-18)19-9-10-25-22(23(19)26-21)16-11-15(2)12-17(13-16)24(3,4)5/h7-8,11-14,22,25-26H,6,9-10H2,1-5H3. The normalized spacial score (nSPS) is 17.1. The zero-order valence-electron chi connectivity index (χ0n) is 17.1. The van der Waals surface area contributed by atoms with Gasteiger partial charge < -0.3 is 15.0 Å². The third-order valence-electron chi connectivity index (χ3n) is 5.53. The van der Waals surface area contributed by atoms with Crippen LogP contribution in [0.2, 0.25) is 0 Å². The minimum absolute atomic E-state index is 0.144. The Balaban J connectivity index is 1.82. The Morgan fingerprint density at radius 1 is 1.11 bits per heavy atom. The Hall–Kier alpha value is -2.26. The lowest BCUT2D eigenvalue weighted by Crippen LogP contribution is -2.30. The number of aryl methyl sites for hydroxylation is 1. The molecule has 0 aliphatic carbocycles. The molecule has 1 aliphatic rings. The molecule has 0 amide bonds. The highest BCUT2D eigenvalue weighted by Gasteiger charge is 2.26. The zero-order chi connectivity index (χ0) is 19.2. The van der Waals surface area contributed by atoms with Crippen LogP contribution in [-0.4, -0.2) is 18.1 Å². The predicted octanol–water partition coefficient (Wildman–Crippen LogP) is 5.41. The molecule has 0 saturated carbocycles. The molecule has 3 aromatic rings. The van der Waals surface area contributed by atoms with E-state index in [1.807, 2.05) is 6.92 Å². The van der Waals surface area contributed by atoms with Crippen molar-refractivity contribution < 1.29 is 4.74 Å². The quantitative estimate of drug-likeness (QED) is 0.654. The molecule has 4 rings (SSSR count). The summed E-state index contributed by atoms with van der Waals surface area (Å²) < 4.78 is 5.73. The first-order valence-electron chi connectivity index (χ1n) is 9.99. The highest BCUT2D eigenvalue weighted by atomic mass is 16.5. The molecule has 0 radical (unpaired) electrons. The van der Waals surface area contributed by atoms with E-state index >= 15 is 0 Å². The van der Waals surface area contributed by atoms with Crippen molar-refractivity contribution in [2.75, 3.05) is 13.2 Å². The molecule has 2 aromatic carbocycles. The van der Waals surface area contributed by atoms with Gasteiger partial charge in [-0.05, 0) is 60.6 Å². The van der Waals surface area contributed by atoms with Gasteiger partial charge in [0, 0.05) is 23.1 Å². The number of ether oxygens (including phenoxy) is 1.